The molecule has 2 unspecified atom stereocenters. The van der Waals surface area contributed by atoms with Gasteiger partial charge in [0, 0.05) is 5.92 Å². The Morgan fingerprint density at radius 3 is 2.22 bits per heavy atom. The molecular weight excluding hydrogens is 230 g/mol. The van der Waals surface area contributed by atoms with E-state index < -0.39 is 12.0 Å². The number of nitrogens with one attached hydrogen (secondary N) is 1. The number of rotatable bonds is 5. The van der Waals surface area contributed by atoms with Gasteiger partial charge in [0.15, 0.2) is 0 Å². The standard InChI is InChI=1S/C14H25NO3/c1-3-10(2)12(14(17)18)15-13(16)11-8-6-4-5-7-9-11/h10-12H,3-9H2,1-2H3,(H,15,16)(H,17,18). The van der Waals surface area contributed by atoms with E-state index in [1.807, 2.05) is 13.8 Å². The highest BCUT2D eigenvalue weighted by Gasteiger charge is 2.28. The van der Waals surface area contributed by atoms with Crippen LogP contribution in [0, 0.1) is 11.8 Å². The van der Waals surface area contributed by atoms with Gasteiger partial charge in [-0.25, -0.2) is 4.79 Å². The van der Waals surface area contributed by atoms with Crippen molar-refractivity contribution in [2.45, 2.75) is 64.8 Å². The zero-order valence-electron chi connectivity index (χ0n) is 11.4. The highest BCUT2D eigenvalue weighted by atomic mass is 16.4. The summed E-state index contributed by atoms with van der Waals surface area (Å²) in [7, 11) is 0. The lowest BCUT2D eigenvalue weighted by Gasteiger charge is -2.23. The number of amides is 1. The van der Waals surface area contributed by atoms with Crippen molar-refractivity contribution in [2.24, 2.45) is 11.8 Å². The Bertz CT molecular complexity index is 283. The van der Waals surface area contributed by atoms with Crippen LogP contribution >= 0.6 is 0 Å². The van der Waals surface area contributed by atoms with Gasteiger partial charge in [-0.3, -0.25) is 4.79 Å². The summed E-state index contributed by atoms with van der Waals surface area (Å²) in [5.74, 6) is -1.01. The number of carboxylic acid groups (broad SMARTS) is 1. The summed E-state index contributed by atoms with van der Waals surface area (Å²) >= 11 is 0. The van der Waals surface area contributed by atoms with Crippen LogP contribution in [-0.4, -0.2) is 23.0 Å². The molecule has 0 bridgehead atoms. The largest absolute Gasteiger partial charge is 0.480 e. The van der Waals surface area contributed by atoms with Crippen LogP contribution in [0.5, 0.6) is 0 Å². The maximum atomic E-state index is 12.1. The van der Waals surface area contributed by atoms with E-state index in [0.717, 1.165) is 32.1 Å². The van der Waals surface area contributed by atoms with Gasteiger partial charge in [-0.2, -0.15) is 0 Å². The van der Waals surface area contributed by atoms with E-state index in [1.165, 1.54) is 12.8 Å². The second-order valence-electron chi connectivity index (χ2n) is 5.40. The predicted molar refractivity (Wildman–Crippen MR) is 70.2 cm³/mol. The van der Waals surface area contributed by atoms with Crippen molar-refractivity contribution in [1.29, 1.82) is 0 Å². The van der Waals surface area contributed by atoms with Gasteiger partial charge >= 0.3 is 5.97 Å². The van der Waals surface area contributed by atoms with Crippen LogP contribution in [0.3, 0.4) is 0 Å². The van der Waals surface area contributed by atoms with Crippen molar-refractivity contribution in [3.8, 4) is 0 Å². The number of hydrogen-bond acceptors (Lipinski definition) is 2. The molecule has 4 heteroatoms. The molecule has 0 aromatic carbocycles. The third kappa shape index (κ3) is 4.31. The molecule has 4 nitrogen and oxygen atoms in total. The molecule has 1 fully saturated rings. The van der Waals surface area contributed by atoms with Gasteiger partial charge in [-0.1, -0.05) is 46.0 Å². The average molecular weight is 255 g/mol. The minimum absolute atomic E-state index is 0.0124. The first kappa shape index (κ1) is 15.0. The Morgan fingerprint density at radius 1 is 1.22 bits per heavy atom. The molecule has 2 atom stereocenters. The zero-order valence-corrected chi connectivity index (χ0v) is 11.4. The molecule has 0 heterocycles. The molecule has 0 aliphatic heterocycles. The summed E-state index contributed by atoms with van der Waals surface area (Å²) in [4.78, 5) is 23.3. The number of carbonyl (C=O) groups is 2. The molecule has 104 valence electrons. The Balaban J connectivity index is 2.56. The first-order valence-electron chi connectivity index (χ1n) is 7.09. The minimum Gasteiger partial charge on any atom is -0.480 e. The van der Waals surface area contributed by atoms with Crippen LogP contribution in [0.15, 0.2) is 0 Å². The third-order valence-electron chi connectivity index (χ3n) is 4.00. The Hall–Kier alpha value is -1.06. The van der Waals surface area contributed by atoms with Crippen molar-refractivity contribution >= 4 is 11.9 Å². The van der Waals surface area contributed by atoms with Gasteiger partial charge in [0.1, 0.15) is 6.04 Å². The highest BCUT2D eigenvalue weighted by molar-refractivity contribution is 5.85. The molecule has 0 spiro atoms. The summed E-state index contributed by atoms with van der Waals surface area (Å²) < 4.78 is 0. The topological polar surface area (TPSA) is 66.4 Å². The van der Waals surface area contributed by atoms with Crippen LogP contribution in [0.1, 0.15) is 58.8 Å². The molecule has 1 aliphatic rings. The summed E-state index contributed by atoms with van der Waals surface area (Å²) in [6.07, 6.45) is 7.10. The van der Waals surface area contributed by atoms with Gasteiger partial charge in [0.25, 0.3) is 0 Å². The van der Waals surface area contributed by atoms with Gasteiger partial charge in [0.05, 0.1) is 0 Å². The lowest BCUT2D eigenvalue weighted by molar-refractivity contribution is -0.144. The number of hydrogen-bond donors (Lipinski definition) is 2. The van der Waals surface area contributed by atoms with E-state index in [9.17, 15) is 9.59 Å². The van der Waals surface area contributed by atoms with Crippen molar-refractivity contribution in [3.63, 3.8) is 0 Å². The predicted octanol–water partition coefficient (Wildman–Crippen LogP) is 2.57. The molecule has 1 rings (SSSR count). The average Bonchev–Trinajstić information content (AvgIpc) is 2.63. The normalized spacial score (nSPS) is 20.8. The van der Waals surface area contributed by atoms with Gasteiger partial charge in [0.2, 0.25) is 5.91 Å². The molecule has 0 aromatic rings. The smallest absolute Gasteiger partial charge is 0.326 e. The molecule has 0 saturated heterocycles. The quantitative estimate of drug-likeness (QED) is 0.742. The first-order chi connectivity index (χ1) is 8.56. The maximum absolute atomic E-state index is 12.1. The summed E-state index contributed by atoms with van der Waals surface area (Å²) in [5.41, 5.74) is 0. The molecule has 1 saturated carbocycles. The van der Waals surface area contributed by atoms with Crippen molar-refractivity contribution in [1.82, 2.24) is 5.32 Å². The highest BCUT2D eigenvalue weighted by Crippen LogP contribution is 2.23. The van der Waals surface area contributed by atoms with E-state index in [-0.39, 0.29) is 17.7 Å². The Labute approximate surface area is 109 Å². The molecule has 18 heavy (non-hydrogen) atoms. The van der Waals surface area contributed by atoms with Gasteiger partial charge in [-0.15, -0.1) is 0 Å². The lowest BCUT2D eigenvalue weighted by Crippen LogP contribution is -2.47. The zero-order chi connectivity index (χ0) is 13.5. The van der Waals surface area contributed by atoms with E-state index in [4.69, 9.17) is 5.11 Å². The fourth-order valence-electron chi connectivity index (χ4n) is 2.50. The SMILES string of the molecule is CCC(C)C(NC(=O)C1CCCCCC1)C(=O)O. The Morgan fingerprint density at radius 2 is 1.78 bits per heavy atom. The fourth-order valence-corrected chi connectivity index (χ4v) is 2.50. The summed E-state index contributed by atoms with van der Waals surface area (Å²) in [6, 6.07) is -0.745. The van der Waals surface area contributed by atoms with Crippen LogP contribution in [-0.2, 0) is 9.59 Å². The van der Waals surface area contributed by atoms with E-state index in [2.05, 4.69) is 5.32 Å². The van der Waals surface area contributed by atoms with Crippen molar-refractivity contribution < 1.29 is 14.7 Å². The summed E-state index contributed by atoms with van der Waals surface area (Å²) in [5, 5.41) is 11.9. The number of carboxylic acids is 1. The molecule has 1 aliphatic carbocycles. The van der Waals surface area contributed by atoms with Gasteiger partial charge in [-0.05, 0) is 18.8 Å². The van der Waals surface area contributed by atoms with Crippen molar-refractivity contribution in [3.05, 3.63) is 0 Å². The van der Waals surface area contributed by atoms with E-state index in [1.54, 1.807) is 0 Å². The molecule has 0 radical (unpaired) electrons. The second-order valence-corrected chi connectivity index (χ2v) is 5.40. The number of aliphatic carboxylic acids is 1. The molecular formula is C14H25NO3. The first-order valence-corrected chi connectivity index (χ1v) is 7.09. The van der Waals surface area contributed by atoms with E-state index in [0.29, 0.717) is 0 Å². The van der Waals surface area contributed by atoms with Gasteiger partial charge < -0.3 is 10.4 Å². The van der Waals surface area contributed by atoms with E-state index >= 15 is 0 Å². The molecule has 1 amide bonds. The van der Waals surface area contributed by atoms with Crippen molar-refractivity contribution in [2.75, 3.05) is 0 Å². The fraction of sp³-hybridized carbons (Fsp3) is 0.857. The minimum atomic E-state index is -0.925. The van der Waals surface area contributed by atoms with Crippen LogP contribution < -0.4 is 5.32 Å². The Kier molecular flexibility index (Phi) is 6.16. The third-order valence-corrected chi connectivity index (χ3v) is 4.00. The van der Waals surface area contributed by atoms with Crippen LogP contribution in [0.25, 0.3) is 0 Å². The van der Waals surface area contributed by atoms with Crippen LogP contribution in [0.4, 0.5) is 0 Å². The molecule has 2 N–H and O–H groups in total. The second kappa shape index (κ2) is 7.39. The molecule has 0 aromatic heterocycles. The number of carbonyl (C=O) groups excluding carboxylic acids is 1. The lowest BCUT2D eigenvalue weighted by atomic mass is 9.95. The maximum Gasteiger partial charge on any atom is 0.326 e. The summed E-state index contributed by atoms with van der Waals surface area (Å²) in [6.45, 7) is 3.81. The van der Waals surface area contributed by atoms with Crippen LogP contribution in [0.2, 0.25) is 0 Å². The monoisotopic (exact) mass is 255 g/mol.